The standard InChI is InChI=1S/C10H9Br2N3OS/c11-5-3-6(17-8(5)12)7-9(16)15-10(14-7)13-4-1-2-4/h3-4,7H,1-2H2,(H2,13,14,15,16). The van der Waals surface area contributed by atoms with Gasteiger partial charge in [0, 0.05) is 15.4 Å². The minimum atomic E-state index is -0.413. The number of guanidine groups is 1. The van der Waals surface area contributed by atoms with E-state index < -0.39 is 6.04 Å². The van der Waals surface area contributed by atoms with Gasteiger partial charge in [0.1, 0.15) is 0 Å². The average molecular weight is 379 g/mol. The zero-order valence-electron chi connectivity index (χ0n) is 8.67. The molecule has 3 rings (SSSR count). The highest BCUT2D eigenvalue weighted by atomic mass is 79.9. The summed E-state index contributed by atoms with van der Waals surface area (Å²) in [6, 6.07) is 2.02. The monoisotopic (exact) mass is 377 g/mol. The fourth-order valence-corrected chi connectivity index (χ4v) is 3.72. The Kier molecular flexibility index (Phi) is 3.00. The lowest BCUT2D eigenvalue weighted by Crippen LogP contribution is -2.37. The van der Waals surface area contributed by atoms with E-state index in [9.17, 15) is 4.79 Å². The Hall–Kier alpha value is -0.400. The van der Waals surface area contributed by atoms with E-state index in [4.69, 9.17) is 0 Å². The third-order valence-electron chi connectivity index (χ3n) is 2.60. The molecule has 0 saturated heterocycles. The first-order valence-corrected chi connectivity index (χ1v) is 7.63. The van der Waals surface area contributed by atoms with Gasteiger partial charge in [0.05, 0.1) is 3.79 Å². The van der Waals surface area contributed by atoms with Crippen LogP contribution in [0.5, 0.6) is 0 Å². The Balaban J connectivity index is 1.81. The van der Waals surface area contributed by atoms with Crippen LogP contribution in [0.15, 0.2) is 19.3 Å². The molecule has 2 heterocycles. The molecule has 17 heavy (non-hydrogen) atoms. The molecule has 1 aromatic rings. The van der Waals surface area contributed by atoms with Crippen LogP contribution in [0.25, 0.3) is 0 Å². The Morgan fingerprint density at radius 1 is 1.47 bits per heavy atom. The maximum absolute atomic E-state index is 11.8. The average Bonchev–Trinajstić information content (AvgIpc) is 2.91. The van der Waals surface area contributed by atoms with Gasteiger partial charge in [-0.25, -0.2) is 4.99 Å². The van der Waals surface area contributed by atoms with Gasteiger partial charge in [0.15, 0.2) is 12.0 Å². The van der Waals surface area contributed by atoms with Gasteiger partial charge in [-0.3, -0.25) is 10.1 Å². The van der Waals surface area contributed by atoms with E-state index in [1.165, 1.54) is 11.3 Å². The van der Waals surface area contributed by atoms with Crippen molar-refractivity contribution in [1.29, 1.82) is 0 Å². The normalized spacial score (nSPS) is 23.5. The van der Waals surface area contributed by atoms with E-state index in [0.717, 1.165) is 26.0 Å². The minimum absolute atomic E-state index is 0.0607. The first-order valence-electron chi connectivity index (χ1n) is 5.23. The molecule has 1 fully saturated rings. The zero-order valence-corrected chi connectivity index (χ0v) is 12.7. The summed E-state index contributed by atoms with van der Waals surface area (Å²) in [5.41, 5.74) is 0. The number of hydrogen-bond acceptors (Lipinski definition) is 4. The SMILES string of the molecule is O=C1NC(NC2CC2)=NC1c1cc(Br)c(Br)s1. The Labute approximate surface area is 119 Å². The lowest BCUT2D eigenvalue weighted by molar-refractivity contribution is -0.120. The van der Waals surface area contributed by atoms with Gasteiger partial charge in [0.2, 0.25) is 0 Å². The summed E-state index contributed by atoms with van der Waals surface area (Å²) in [5, 5.41) is 5.98. The van der Waals surface area contributed by atoms with Crippen LogP contribution >= 0.6 is 43.2 Å². The number of carbonyl (C=O) groups excluding carboxylic acids is 1. The molecular formula is C10H9Br2N3OS. The van der Waals surface area contributed by atoms with Crippen LogP contribution in [-0.2, 0) is 4.79 Å². The van der Waals surface area contributed by atoms with Gasteiger partial charge in [-0.05, 0) is 50.8 Å². The van der Waals surface area contributed by atoms with Crippen molar-refractivity contribution in [2.24, 2.45) is 4.99 Å². The van der Waals surface area contributed by atoms with E-state index in [1.807, 2.05) is 6.07 Å². The van der Waals surface area contributed by atoms with Crippen molar-refractivity contribution < 1.29 is 4.79 Å². The highest BCUT2D eigenvalue weighted by Gasteiger charge is 2.32. The van der Waals surface area contributed by atoms with Crippen LogP contribution in [-0.4, -0.2) is 17.9 Å². The zero-order chi connectivity index (χ0) is 12.0. The first-order chi connectivity index (χ1) is 8.13. The van der Waals surface area contributed by atoms with E-state index in [-0.39, 0.29) is 5.91 Å². The number of nitrogens with zero attached hydrogens (tertiary/aromatic N) is 1. The maximum Gasteiger partial charge on any atom is 0.257 e. The number of thiophene rings is 1. The second-order valence-corrected chi connectivity index (χ2v) is 7.31. The molecule has 1 atom stereocenters. The fourth-order valence-electron chi connectivity index (χ4n) is 1.59. The number of nitrogens with one attached hydrogen (secondary N) is 2. The lowest BCUT2D eigenvalue weighted by atomic mass is 10.2. The highest BCUT2D eigenvalue weighted by molar-refractivity contribution is 9.13. The number of aliphatic imine (C=N–C) groups is 1. The van der Waals surface area contributed by atoms with E-state index in [2.05, 4.69) is 47.5 Å². The third kappa shape index (κ3) is 2.41. The summed E-state index contributed by atoms with van der Waals surface area (Å²) in [7, 11) is 0. The van der Waals surface area contributed by atoms with Gasteiger partial charge in [0.25, 0.3) is 5.91 Å². The molecule has 1 aliphatic heterocycles. The van der Waals surface area contributed by atoms with Gasteiger partial charge in [-0.1, -0.05) is 0 Å². The minimum Gasteiger partial charge on any atom is -0.353 e. The molecule has 1 saturated carbocycles. The van der Waals surface area contributed by atoms with Crippen molar-refractivity contribution >= 4 is 55.1 Å². The van der Waals surface area contributed by atoms with Gasteiger partial charge >= 0.3 is 0 Å². The maximum atomic E-state index is 11.8. The van der Waals surface area contributed by atoms with Crippen molar-refractivity contribution in [3.8, 4) is 0 Å². The summed E-state index contributed by atoms with van der Waals surface area (Å²) in [4.78, 5) is 17.1. The van der Waals surface area contributed by atoms with Crippen molar-refractivity contribution in [2.45, 2.75) is 24.9 Å². The molecule has 0 bridgehead atoms. The van der Waals surface area contributed by atoms with Crippen molar-refractivity contribution in [3.05, 3.63) is 19.2 Å². The molecule has 2 N–H and O–H groups in total. The molecule has 1 amide bonds. The summed E-state index contributed by atoms with van der Waals surface area (Å²) < 4.78 is 1.95. The largest absolute Gasteiger partial charge is 0.353 e. The van der Waals surface area contributed by atoms with Gasteiger partial charge in [-0.15, -0.1) is 11.3 Å². The molecule has 0 radical (unpaired) electrons. The smallest absolute Gasteiger partial charge is 0.257 e. The Morgan fingerprint density at radius 3 is 2.82 bits per heavy atom. The molecule has 1 aliphatic carbocycles. The molecule has 0 spiro atoms. The quantitative estimate of drug-likeness (QED) is 0.830. The predicted molar refractivity (Wildman–Crippen MR) is 74.2 cm³/mol. The lowest BCUT2D eigenvalue weighted by Gasteiger charge is -2.01. The van der Waals surface area contributed by atoms with E-state index >= 15 is 0 Å². The molecule has 0 aromatic carbocycles. The number of amides is 1. The van der Waals surface area contributed by atoms with Crippen LogP contribution < -0.4 is 10.6 Å². The summed E-state index contributed by atoms with van der Waals surface area (Å²) in [6.07, 6.45) is 2.32. The number of hydrogen-bond donors (Lipinski definition) is 2. The topological polar surface area (TPSA) is 53.5 Å². The van der Waals surface area contributed by atoms with Crippen LogP contribution in [0.2, 0.25) is 0 Å². The molecule has 90 valence electrons. The number of halogens is 2. The summed E-state index contributed by atoms with van der Waals surface area (Å²) in [5.74, 6) is 0.553. The van der Waals surface area contributed by atoms with Crippen molar-refractivity contribution in [3.63, 3.8) is 0 Å². The second kappa shape index (κ2) is 4.37. The molecule has 7 heteroatoms. The Bertz CT molecular complexity index is 490. The Morgan fingerprint density at radius 2 is 2.24 bits per heavy atom. The van der Waals surface area contributed by atoms with Crippen LogP contribution in [0, 0.1) is 0 Å². The van der Waals surface area contributed by atoms with Crippen LogP contribution in [0.3, 0.4) is 0 Å². The second-order valence-electron chi connectivity index (χ2n) is 4.06. The molecular weight excluding hydrogens is 370 g/mol. The fraction of sp³-hybridized carbons (Fsp3) is 0.400. The van der Waals surface area contributed by atoms with Crippen LogP contribution in [0.1, 0.15) is 23.8 Å². The van der Waals surface area contributed by atoms with Gasteiger partial charge < -0.3 is 5.32 Å². The van der Waals surface area contributed by atoms with Crippen LogP contribution in [0.4, 0.5) is 0 Å². The third-order valence-corrected chi connectivity index (χ3v) is 5.91. The predicted octanol–water partition coefficient (Wildman–Crippen LogP) is 2.55. The number of rotatable bonds is 2. The summed E-state index contributed by atoms with van der Waals surface area (Å²) >= 11 is 8.37. The highest BCUT2D eigenvalue weighted by Crippen LogP contribution is 2.37. The molecule has 2 aliphatic rings. The van der Waals surface area contributed by atoms with Crippen molar-refractivity contribution in [1.82, 2.24) is 10.6 Å². The van der Waals surface area contributed by atoms with Gasteiger partial charge in [-0.2, -0.15) is 0 Å². The molecule has 1 aromatic heterocycles. The number of carbonyl (C=O) groups is 1. The van der Waals surface area contributed by atoms with E-state index in [0.29, 0.717) is 12.0 Å². The van der Waals surface area contributed by atoms with E-state index in [1.54, 1.807) is 0 Å². The first kappa shape index (κ1) is 11.7. The summed E-state index contributed by atoms with van der Waals surface area (Å²) in [6.45, 7) is 0. The molecule has 4 nitrogen and oxygen atoms in total. The van der Waals surface area contributed by atoms with Crippen molar-refractivity contribution in [2.75, 3.05) is 0 Å². The molecule has 1 unspecified atom stereocenters.